The van der Waals surface area contributed by atoms with Crippen LogP contribution in [0, 0.1) is 5.92 Å². The number of primary amides is 1. The van der Waals surface area contributed by atoms with Gasteiger partial charge in [-0.25, -0.2) is 0 Å². The lowest BCUT2D eigenvalue weighted by Crippen LogP contribution is -2.45. The largest absolute Gasteiger partial charge is 0.457 e. The number of carbonyl (C=O) groups excluding carboxylic acids is 2. The molecule has 0 aromatic heterocycles. The maximum absolute atomic E-state index is 12.2. The highest BCUT2D eigenvalue weighted by molar-refractivity contribution is 5.95. The van der Waals surface area contributed by atoms with E-state index in [0.717, 1.165) is 31.3 Å². The molecule has 3 rings (SSSR count). The van der Waals surface area contributed by atoms with E-state index in [0.29, 0.717) is 18.1 Å². The third kappa shape index (κ3) is 4.03. The molecule has 0 bridgehead atoms. The zero-order chi connectivity index (χ0) is 16.2. The average Bonchev–Trinajstić information content (AvgIpc) is 3.39. The van der Waals surface area contributed by atoms with Crippen LogP contribution in [-0.2, 0) is 19.1 Å². The highest BCUT2D eigenvalue weighted by Gasteiger charge is 2.30. The van der Waals surface area contributed by atoms with Gasteiger partial charge in [0.2, 0.25) is 11.7 Å². The molecule has 23 heavy (non-hydrogen) atoms. The quantitative estimate of drug-likeness (QED) is 0.781. The molecule has 2 aliphatic carbocycles. The van der Waals surface area contributed by atoms with Crippen LogP contribution in [0.5, 0.6) is 0 Å². The first-order valence-corrected chi connectivity index (χ1v) is 7.83. The van der Waals surface area contributed by atoms with Crippen molar-refractivity contribution in [2.24, 2.45) is 11.7 Å². The second-order valence-electron chi connectivity index (χ2n) is 5.97. The second kappa shape index (κ2) is 6.73. The van der Waals surface area contributed by atoms with Crippen molar-refractivity contribution in [1.29, 1.82) is 0 Å². The normalized spacial score (nSPS) is 21.1. The predicted octanol–water partition coefficient (Wildman–Crippen LogP) is 1.76. The fraction of sp³-hybridized carbons (Fsp3) is 0.412. The van der Waals surface area contributed by atoms with Crippen molar-refractivity contribution in [3.05, 3.63) is 47.8 Å². The summed E-state index contributed by atoms with van der Waals surface area (Å²) >= 11 is 0. The Labute approximate surface area is 134 Å². The Morgan fingerprint density at radius 2 is 2.13 bits per heavy atom. The van der Waals surface area contributed by atoms with Gasteiger partial charge in [-0.1, -0.05) is 31.1 Å². The molecule has 0 radical (unpaired) electrons. The second-order valence-corrected chi connectivity index (χ2v) is 5.97. The standard InChI is InChI=1S/C17H20N2O4/c18-16(20)13(8-11-6-7-11)19-17(21)15-10-22-14(9-23-15)12-4-2-1-3-5-12/h1-2,4,9-11,13H,3,5-8H2,(H2,18,20)(H,19,21). The summed E-state index contributed by atoms with van der Waals surface area (Å²) < 4.78 is 10.8. The molecule has 0 aromatic rings. The summed E-state index contributed by atoms with van der Waals surface area (Å²) in [6.45, 7) is 0. The van der Waals surface area contributed by atoms with Gasteiger partial charge in [-0.15, -0.1) is 0 Å². The molecule has 1 heterocycles. The minimum atomic E-state index is -0.670. The lowest BCUT2D eigenvalue weighted by atomic mass is 10.0. The summed E-state index contributed by atoms with van der Waals surface area (Å²) in [5.74, 6) is 0.0569. The smallest absolute Gasteiger partial charge is 0.290 e. The maximum Gasteiger partial charge on any atom is 0.290 e. The molecule has 0 aromatic carbocycles. The van der Waals surface area contributed by atoms with Crippen molar-refractivity contribution in [1.82, 2.24) is 5.32 Å². The van der Waals surface area contributed by atoms with E-state index < -0.39 is 17.9 Å². The first-order chi connectivity index (χ1) is 11.1. The molecule has 3 N–H and O–H groups in total. The molecule has 0 spiro atoms. The molecule has 6 heteroatoms. The number of hydrogen-bond acceptors (Lipinski definition) is 4. The number of amides is 2. The van der Waals surface area contributed by atoms with Crippen molar-refractivity contribution in [3.63, 3.8) is 0 Å². The van der Waals surface area contributed by atoms with Gasteiger partial charge in [0.25, 0.3) is 5.91 Å². The third-order valence-electron chi connectivity index (χ3n) is 4.05. The van der Waals surface area contributed by atoms with Crippen LogP contribution in [0.2, 0.25) is 0 Å². The van der Waals surface area contributed by atoms with Gasteiger partial charge in [0.15, 0.2) is 5.76 Å². The highest BCUT2D eigenvalue weighted by atomic mass is 16.5. The Kier molecular flexibility index (Phi) is 4.50. The molecule has 6 nitrogen and oxygen atoms in total. The summed E-state index contributed by atoms with van der Waals surface area (Å²) in [5.41, 5.74) is 6.36. The van der Waals surface area contributed by atoms with Crippen LogP contribution in [0.4, 0.5) is 0 Å². The zero-order valence-electron chi connectivity index (χ0n) is 12.8. The number of allylic oxidation sites excluding steroid dienone is 4. The van der Waals surface area contributed by atoms with E-state index in [2.05, 4.69) is 11.4 Å². The van der Waals surface area contributed by atoms with Gasteiger partial charge in [0, 0.05) is 0 Å². The SMILES string of the molecule is NC(=O)C(CC1CC1)NC(=O)C1=COC(C2=CC=CCC2)=CO1. The summed E-state index contributed by atoms with van der Waals surface area (Å²) in [6.07, 6.45) is 13.2. The molecule has 1 atom stereocenters. The van der Waals surface area contributed by atoms with Crippen LogP contribution in [0.3, 0.4) is 0 Å². The van der Waals surface area contributed by atoms with E-state index in [1.807, 2.05) is 12.2 Å². The maximum atomic E-state index is 12.2. The topological polar surface area (TPSA) is 90.7 Å². The van der Waals surface area contributed by atoms with E-state index in [-0.39, 0.29) is 5.76 Å². The van der Waals surface area contributed by atoms with E-state index in [4.69, 9.17) is 15.2 Å². The van der Waals surface area contributed by atoms with E-state index >= 15 is 0 Å². The van der Waals surface area contributed by atoms with Gasteiger partial charge in [-0.05, 0) is 30.8 Å². The van der Waals surface area contributed by atoms with Gasteiger partial charge < -0.3 is 20.5 Å². The number of nitrogens with two attached hydrogens (primary N) is 1. The molecule has 0 saturated heterocycles. The lowest BCUT2D eigenvalue weighted by molar-refractivity contribution is -0.127. The van der Waals surface area contributed by atoms with Crippen LogP contribution in [0.15, 0.2) is 47.8 Å². The van der Waals surface area contributed by atoms with Gasteiger partial charge in [-0.3, -0.25) is 9.59 Å². The van der Waals surface area contributed by atoms with Gasteiger partial charge in [0.1, 0.15) is 18.6 Å². The van der Waals surface area contributed by atoms with Crippen LogP contribution >= 0.6 is 0 Å². The van der Waals surface area contributed by atoms with Crippen molar-refractivity contribution in [3.8, 4) is 0 Å². The van der Waals surface area contributed by atoms with Crippen molar-refractivity contribution >= 4 is 11.8 Å². The Hall–Kier alpha value is -2.50. The fourth-order valence-electron chi connectivity index (χ4n) is 2.52. The monoisotopic (exact) mass is 316 g/mol. The summed E-state index contributed by atoms with van der Waals surface area (Å²) in [5, 5.41) is 2.61. The number of ether oxygens (including phenoxy) is 2. The van der Waals surface area contributed by atoms with Crippen LogP contribution in [0.1, 0.15) is 32.1 Å². The minimum absolute atomic E-state index is 0.0164. The van der Waals surface area contributed by atoms with Gasteiger partial charge in [0.05, 0.1) is 0 Å². The van der Waals surface area contributed by atoms with Crippen LogP contribution in [0.25, 0.3) is 0 Å². The first-order valence-electron chi connectivity index (χ1n) is 7.83. The van der Waals surface area contributed by atoms with Crippen molar-refractivity contribution in [2.45, 2.75) is 38.1 Å². The molecule has 122 valence electrons. The molecular formula is C17H20N2O4. The molecular weight excluding hydrogens is 296 g/mol. The fourth-order valence-corrected chi connectivity index (χ4v) is 2.52. The van der Waals surface area contributed by atoms with Crippen molar-refractivity contribution in [2.75, 3.05) is 0 Å². The Morgan fingerprint density at radius 3 is 2.70 bits per heavy atom. The summed E-state index contributed by atoms with van der Waals surface area (Å²) in [4.78, 5) is 23.6. The van der Waals surface area contributed by atoms with E-state index in [1.165, 1.54) is 12.5 Å². The van der Waals surface area contributed by atoms with Crippen LogP contribution < -0.4 is 11.1 Å². The van der Waals surface area contributed by atoms with Crippen LogP contribution in [-0.4, -0.2) is 17.9 Å². The molecule has 3 aliphatic rings. The lowest BCUT2D eigenvalue weighted by Gasteiger charge is -2.19. The summed E-state index contributed by atoms with van der Waals surface area (Å²) in [6, 6.07) is -0.670. The third-order valence-corrected chi connectivity index (χ3v) is 4.05. The van der Waals surface area contributed by atoms with E-state index in [9.17, 15) is 9.59 Å². The Morgan fingerprint density at radius 1 is 1.30 bits per heavy atom. The number of hydrogen-bond donors (Lipinski definition) is 2. The van der Waals surface area contributed by atoms with Gasteiger partial charge >= 0.3 is 0 Å². The first kappa shape index (κ1) is 15.4. The molecule has 1 aliphatic heterocycles. The minimum Gasteiger partial charge on any atom is -0.457 e. The molecule has 2 amide bonds. The van der Waals surface area contributed by atoms with Gasteiger partial charge in [-0.2, -0.15) is 0 Å². The number of rotatable bonds is 6. The zero-order valence-corrected chi connectivity index (χ0v) is 12.8. The molecule has 1 unspecified atom stereocenters. The van der Waals surface area contributed by atoms with E-state index in [1.54, 1.807) is 0 Å². The molecule has 1 fully saturated rings. The predicted molar refractivity (Wildman–Crippen MR) is 83.3 cm³/mol. The number of nitrogens with one attached hydrogen (secondary N) is 1. The average molecular weight is 316 g/mol. The highest BCUT2D eigenvalue weighted by Crippen LogP contribution is 2.33. The number of carbonyl (C=O) groups is 2. The summed E-state index contributed by atoms with van der Waals surface area (Å²) in [7, 11) is 0. The Bertz CT molecular complexity index is 627. The molecule has 1 saturated carbocycles. The Balaban J connectivity index is 1.56. The van der Waals surface area contributed by atoms with Crippen molar-refractivity contribution < 1.29 is 19.1 Å².